The van der Waals surface area contributed by atoms with Crippen molar-refractivity contribution in [2.75, 3.05) is 0 Å². The molecule has 0 aliphatic heterocycles. The van der Waals surface area contributed by atoms with E-state index in [-0.39, 0.29) is 0 Å². The van der Waals surface area contributed by atoms with Crippen LogP contribution in [-0.4, -0.2) is 22.9 Å². The first-order valence-corrected chi connectivity index (χ1v) is 7.96. The molecule has 118 valence electrons. The molecule has 0 saturated carbocycles. The van der Waals surface area contributed by atoms with Crippen LogP contribution in [-0.2, 0) is 16.0 Å². The lowest BCUT2D eigenvalue weighted by Crippen LogP contribution is -2.47. The summed E-state index contributed by atoms with van der Waals surface area (Å²) in [6, 6.07) is 1.77. The number of nitrogens with one attached hydrogen (secondary N) is 2. The number of aryl methyl sites for hydroxylation is 1. The molecule has 3 N–H and O–H groups in total. The van der Waals surface area contributed by atoms with Crippen molar-refractivity contribution in [3.8, 4) is 0 Å². The Morgan fingerprint density at radius 2 is 1.91 bits per heavy atom. The van der Waals surface area contributed by atoms with Gasteiger partial charge in [-0.3, -0.25) is 25.2 Å². The van der Waals surface area contributed by atoms with Gasteiger partial charge in [0.25, 0.3) is 5.91 Å². The Bertz CT molecular complexity index is 608. The minimum Gasteiger partial charge on any atom is -0.481 e. The highest BCUT2D eigenvalue weighted by atomic mass is 32.1. The van der Waals surface area contributed by atoms with E-state index in [0.29, 0.717) is 18.4 Å². The van der Waals surface area contributed by atoms with Crippen molar-refractivity contribution in [1.29, 1.82) is 0 Å². The number of rotatable bonds is 4. The highest BCUT2D eigenvalue weighted by Crippen LogP contribution is 2.25. The molecule has 22 heavy (non-hydrogen) atoms. The van der Waals surface area contributed by atoms with E-state index < -0.39 is 29.6 Å². The van der Waals surface area contributed by atoms with Crippen molar-refractivity contribution < 1.29 is 19.5 Å². The molecule has 7 heteroatoms. The molecule has 0 fully saturated rings. The van der Waals surface area contributed by atoms with Crippen molar-refractivity contribution in [2.45, 2.75) is 26.2 Å². The minimum atomic E-state index is -0.999. The van der Waals surface area contributed by atoms with E-state index >= 15 is 0 Å². The third kappa shape index (κ3) is 3.73. The molecular weight excluding hydrogens is 304 g/mol. The van der Waals surface area contributed by atoms with Crippen LogP contribution >= 0.6 is 11.3 Å². The molecule has 0 saturated heterocycles. The van der Waals surface area contributed by atoms with Crippen LogP contribution in [0, 0.1) is 11.8 Å². The zero-order chi connectivity index (χ0) is 16.1. The molecule has 0 aromatic carbocycles. The monoisotopic (exact) mass is 322 g/mol. The molecule has 1 aliphatic carbocycles. The van der Waals surface area contributed by atoms with Crippen molar-refractivity contribution >= 4 is 29.1 Å². The van der Waals surface area contributed by atoms with Gasteiger partial charge in [0.1, 0.15) is 0 Å². The first kappa shape index (κ1) is 16.2. The summed E-state index contributed by atoms with van der Waals surface area (Å²) in [6.07, 6.45) is 5.08. The van der Waals surface area contributed by atoms with Crippen molar-refractivity contribution in [2.24, 2.45) is 11.8 Å². The standard InChI is InChI=1S/C15H18N2O4S/c1-2-10-7-9(8-22-10)13(18)16-17-14(19)11-5-3-4-6-12(11)15(20)21/h3-4,7-8,11-12H,2,5-6H2,1H3,(H,16,18)(H,17,19)(H,20,21)/t11-,12-/m0/s1. The second kappa shape index (κ2) is 7.22. The smallest absolute Gasteiger partial charge is 0.307 e. The summed E-state index contributed by atoms with van der Waals surface area (Å²) in [7, 11) is 0. The second-order valence-electron chi connectivity index (χ2n) is 5.09. The third-order valence-corrected chi connectivity index (χ3v) is 4.73. The number of carbonyl (C=O) groups excluding carboxylic acids is 2. The fourth-order valence-corrected chi connectivity index (χ4v) is 3.16. The molecule has 1 aromatic rings. The zero-order valence-electron chi connectivity index (χ0n) is 12.2. The Hall–Kier alpha value is -2.15. The molecule has 2 atom stereocenters. The fourth-order valence-electron chi connectivity index (χ4n) is 2.35. The lowest BCUT2D eigenvalue weighted by Gasteiger charge is -2.24. The van der Waals surface area contributed by atoms with Crippen molar-refractivity contribution in [1.82, 2.24) is 10.9 Å². The maximum Gasteiger partial charge on any atom is 0.307 e. The van der Waals surface area contributed by atoms with Gasteiger partial charge in [-0.25, -0.2) is 0 Å². The van der Waals surface area contributed by atoms with E-state index in [1.54, 1.807) is 23.6 Å². The van der Waals surface area contributed by atoms with Gasteiger partial charge in [0.15, 0.2) is 0 Å². The molecule has 1 aromatic heterocycles. The number of hydrogen-bond acceptors (Lipinski definition) is 4. The lowest BCUT2D eigenvalue weighted by atomic mass is 9.82. The van der Waals surface area contributed by atoms with Gasteiger partial charge in [0, 0.05) is 10.3 Å². The summed E-state index contributed by atoms with van der Waals surface area (Å²) in [5.41, 5.74) is 5.16. The number of carboxylic acids is 1. The number of aliphatic carboxylic acids is 1. The van der Waals surface area contributed by atoms with E-state index in [1.807, 2.05) is 6.92 Å². The van der Waals surface area contributed by atoms with Crippen LogP contribution < -0.4 is 10.9 Å². The topological polar surface area (TPSA) is 95.5 Å². The summed E-state index contributed by atoms with van der Waals surface area (Å²) < 4.78 is 0. The number of carboxylic acid groups (broad SMARTS) is 1. The Morgan fingerprint density at radius 1 is 1.23 bits per heavy atom. The molecular formula is C15H18N2O4S. The van der Waals surface area contributed by atoms with Gasteiger partial charge in [-0.05, 0) is 25.3 Å². The Balaban J connectivity index is 1.92. The maximum absolute atomic E-state index is 12.1. The molecule has 2 amide bonds. The van der Waals surface area contributed by atoms with Gasteiger partial charge in [0.05, 0.1) is 17.4 Å². The molecule has 2 rings (SSSR count). The average molecular weight is 322 g/mol. The molecule has 0 bridgehead atoms. The highest BCUT2D eigenvalue weighted by molar-refractivity contribution is 7.10. The lowest BCUT2D eigenvalue weighted by molar-refractivity contribution is -0.147. The maximum atomic E-state index is 12.1. The number of thiophene rings is 1. The van der Waals surface area contributed by atoms with E-state index in [0.717, 1.165) is 11.3 Å². The molecule has 0 radical (unpaired) electrons. The van der Waals surface area contributed by atoms with Gasteiger partial charge in [0.2, 0.25) is 5.91 Å². The fraction of sp³-hybridized carbons (Fsp3) is 0.400. The van der Waals surface area contributed by atoms with Crippen molar-refractivity contribution in [3.63, 3.8) is 0 Å². The third-order valence-electron chi connectivity index (χ3n) is 3.65. The Morgan fingerprint density at radius 3 is 2.50 bits per heavy atom. The van der Waals surface area contributed by atoms with Crippen molar-refractivity contribution in [3.05, 3.63) is 34.0 Å². The van der Waals surface area contributed by atoms with E-state index in [1.165, 1.54) is 11.3 Å². The van der Waals surface area contributed by atoms with Gasteiger partial charge in [-0.15, -0.1) is 11.3 Å². The van der Waals surface area contributed by atoms with Crippen LogP contribution in [0.2, 0.25) is 0 Å². The van der Waals surface area contributed by atoms with Crippen LogP contribution in [0.3, 0.4) is 0 Å². The SMILES string of the molecule is CCc1cc(C(=O)NNC(=O)[C@H]2CC=CC[C@@H]2C(=O)O)cs1. The second-order valence-corrected chi connectivity index (χ2v) is 6.09. The molecule has 1 aliphatic rings. The molecule has 1 heterocycles. The van der Waals surface area contributed by atoms with E-state index in [2.05, 4.69) is 10.9 Å². The first-order chi connectivity index (χ1) is 10.5. The van der Waals surface area contributed by atoms with Gasteiger partial charge < -0.3 is 5.11 Å². The predicted molar refractivity (Wildman–Crippen MR) is 82.3 cm³/mol. The largest absolute Gasteiger partial charge is 0.481 e. The quantitative estimate of drug-likeness (QED) is 0.581. The number of hydrogen-bond donors (Lipinski definition) is 3. The number of hydrazine groups is 1. The Kier molecular flexibility index (Phi) is 5.32. The number of allylic oxidation sites excluding steroid dienone is 2. The highest BCUT2D eigenvalue weighted by Gasteiger charge is 2.34. The molecule has 0 spiro atoms. The van der Waals surface area contributed by atoms with E-state index in [4.69, 9.17) is 5.11 Å². The van der Waals surface area contributed by atoms with E-state index in [9.17, 15) is 14.4 Å². The van der Waals surface area contributed by atoms with Crippen LogP contribution in [0.5, 0.6) is 0 Å². The normalized spacial score (nSPS) is 20.4. The zero-order valence-corrected chi connectivity index (χ0v) is 13.0. The van der Waals surface area contributed by atoms with Crippen LogP contribution in [0.15, 0.2) is 23.6 Å². The average Bonchev–Trinajstić information content (AvgIpc) is 3.01. The minimum absolute atomic E-state index is 0.325. The van der Waals surface area contributed by atoms with Gasteiger partial charge in [-0.2, -0.15) is 0 Å². The number of amides is 2. The van der Waals surface area contributed by atoms with Crippen LogP contribution in [0.25, 0.3) is 0 Å². The summed E-state index contributed by atoms with van der Waals surface area (Å²) in [6.45, 7) is 2.00. The van der Waals surface area contributed by atoms with Gasteiger partial charge in [-0.1, -0.05) is 19.1 Å². The first-order valence-electron chi connectivity index (χ1n) is 7.08. The van der Waals surface area contributed by atoms with Crippen LogP contribution in [0.4, 0.5) is 0 Å². The summed E-state index contributed by atoms with van der Waals surface area (Å²) >= 11 is 1.48. The molecule has 6 nitrogen and oxygen atoms in total. The number of carbonyl (C=O) groups is 3. The summed E-state index contributed by atoms with van der Waals surface area (Å²) in [5.74, 6) is -3.30. The summed E-state index contributed by atoms with van der Waals surface area (Å²) in [5, 5.41) is 10.9. The summed E-state index contributed by atoms with van der Waals surface area (Å²) in [4.78, 5) is 36.3. The predicted octanol–water partition coefficient (Wildman–Crippen LogP) is 1.74. The van der Waals surface area contributed by atoms with Gasteiger partial charge >= 0.3 is 5.97 Å². The Labute approximate surface area is 132 Å². The van der Waals surface area contributed by atoms with Crippen LogP contribution in [0.1, 0.15) is 35.0 Å². The molecule has 0 unspecified atom stereocenters.